The van der Waals surface area contributed by atoms with E-state index in [1.807, 2.05) is 51.1 Å². The topological polar surface area (TPSA) is 56.3 Å². The number of benzene rings is 1. The van der Waals surface area contributed by atoms with Gasteiger partial charge in [-0.15, -0.1) is 11.3 Å². The number of hydrogen-bond donors (Lipinski definition) is 0. The molecule has 0 aliphatic heterocycles. The summed E-state index contributed by atoms with van der Waals surface area (Å²) >= 11 is 1.56. The minimum Gasteiger partial charge on any atom is -0.454 e. The van der Waals surface area contributed by atoms with Gasteiger partial charge in [-0.25, -0.2) is 4.79 Å². The van der Waals surface area contributed by atoms with Crippen molar-refractivity contribution in [3.63, 3.8) is 0 Å². The molecule has 0 aliphatic carbocycles. The highest BCUT2D eigenvalue weighted by Gasteiger charge is 2.17. The molecule has 0 atom stereocenters. The Labute approximate surface area is 144 Å². The van der Waals surface area contributed by atoms with Crippen molar-refractivity contribution in [2.24, 2.45) is 0 Å². The summed E-state index contributed by atoms with van der Waals surface area (Å²) in [5.74, 6) is -0.685. The number of Topliss-reactive ketones (excluding diaryl/α,β-unsaturated/α-hetero) is 1. The highest BCUT2D eigenvalue weighted by molar-refractivity contribution is 7.12. The number of rotatable bonds is 4. The summed E-state index contributed by atoms with van der Waals surface area (Å²) < 4.78 is 5.26. The Hall–Kier alpha value is -2.53. The van der Waals surface area contributed by atoms with Crippen molar-refractivity contribution in [1.82, 2.24) is 4.98 Å². The van der Waals surface area contributed by atoms with E-state index in [4.69, 9.17) is 4.74 Å². The third kappa shape index (κ3) is 3.21. The Morgan fingerprint density at radius 3 is 2.54 bits per heavy atom. The van der Waals surface area contributed by atoms with Crippen molar-refractivity contribution in [3.8, 4) is 0 Å². The van der Waals surface area contributed by atoms with E-state index in [1.165, 1.54) is 0 Å². The Bertz CT molecular complexity index is 943. The zero-order valence-electron chi connectivity index (χ0n) is 13.8. The summed E-state index contributed by atoms with van der Waals surface area (Å²) in [6.45, 7) is 5.41. The van der Waals surface area contributed by atoms with Crippen molar-refractivity contribution in [1.29, 1.82) is 0 Å². The van der Waals surface area contributed by atoms with Gasteiger partial charge in [-0.2, -0.15) is 0 Å². The van der Waals surface area contributed by atoms with Gasteiger partial charge in [0.05, 0.1) is 11.1 Å². The fourth-order valence-electron chi connectivity index (χ4n) is 2.67. The van der Waals surface area contributed by atoms with Gasteiger partial charge in [-0.3, -0.25) is 9.78 Å². The van der Waals surface area contributed by atoms with E-state index in [1.54, 1.807) is 17.4 Å². The van der Waals surface area contributed by atoms with E-state index in [0.29, 0.717) is 11.1 Å². The van der Waals surface area contributed by atoms with Gasteiger partial charge in [-0.05, 0) is 39.0 Å². The molecule has 5 heteroatoms. The van der Waals surface area contributed by atoms with E-state index in [2.05, 4.69) is 4.98 Å². The molecule has 2 aromatic heterocycles. The SMILES string of the molecule is Cc1cc(C(=O)OCC(=O)c2cc(C)sc2C)c2ccccc2n1. The maximum Gasteiger partial charge on any atom is 0.339 e. The monoisotopic (exact) mass is 339 g/mol. The normalized spacial score (nSPS) is 10.8. The first-order valence-corrected chi connectivity index (χ1v) is 8.41. The molecule has 0 radical (unpaired) electrons. The van der Waals surface area contributed by atoms with Gasteiger partial charge in [0.15, 0.2) is 6.61 Å². The number of ether oxygens (including phenoxy) is 1. The number of ketones is 1. The molecule has 0 fully saturated rings. The minimum atomic E-state index is -0.505. The Kier molecular flexibility index (Phi) is 4.44. The van der Waals surface area contributed by atoms with Crippen LogP contribution in [-0.4, -0.2) is 23.3 Å². The van der Waals surface area contributed by atoms with Crippen molar-refractivity contribution < 1.29 is 14.3 Å². The Morgan fingerprint density at radius 2 is 1.83 bits per heavy atom. The van der Waals surface area contributed by atoms with E-state index < -0.39 is 5.97 Å². The van der Waals surface area contributed by atoms with Gasteiger partial charge >= 0.3 is 5.97 Å². The molecule has 1 aromatic carbocycles. The molecule has 0 spiro atoms. The van der Waals surface area contributed by atoms with Crippen LogP contribution in [0.5, 0.6) is 0 Å². The molecule has 122 valence electrons. The average Bonchev–Trinajstić information content (AvgIpc) is 2.90. The maximum atomic E-state index is 12.4. The number of fused-ring (bicyclic) bond motifs is 1. The lowest BCUT2D eigenvalue weighted by molar-refractivity contribution is 0.0476. The molecule has 4 nitrogen and oxygen atoms in total. The zero-order valence-corrected chi connectivity index (χ0v) is 14.6. The minimum absolute atomic E-state index is 0.180. The van der Waals surface area contributed by atoms with Crippen LogP contribution in [-0.2, 0) is 4.74 Å². The van der Waals surface area contributed by atoms with Crippen LogP contribution in [0.1, 0.15) is 36.2 Å². The number of nitrogens with zero attached hydrogens (tertiary/aromatic N) is 1. The lowest BCUT2D eigenvalue weighted by Crippen LogP contribution is -2.15. The van der Waals surface area contributed by atoms with Crippen LogP contribution in [0.4, 0.5) is 0 Å². The van der Waals surface area contributed by atoms with Crippen LogP contribution in [0.25, 0.3) is 10.9 Å². The molecule has 2 heterocycles. The number of aromatic nitrogens is 1. The summed E-state index contributed by atoms with van der Waals surface area (Å²) in [6.07, 6.45) is 0. The molecule has 3 aromatic rings. The average molecular weight is 339 g/mol. The van der Waals surface area contributed by atoms with E-state index >= 15 is 0 Å². The van der Waals surface area contributed by atoms with Gasteiger partial charge in [0, 0.05) is 26.4 Å². The second-order valence-corrected chi connectivity index (χ2v) is 7.12. The molecule has 0 amide bonds. The molecule has 24 heavy (non-hydrogen) atoms. The van der Waals surface area contributed by atoms with Crippen LogP contribution in [0.2, 0.25) is 0 Å². The van der Waals surface area contributed by atoms with E-state index in [0.717, 1.165) is 26.4 Å². The first kappa shape index (κ1) is 16.3. The Balaban J connectivity index is 1.81. The first-order valence-electron chi connectivity index (χ1n) is 7.59. The number of thiophene rings is 1. The summed E-state index contributed by atoms with van der Waals surface area (Å²) in [7, 11) is 0. The molecule has 3 rings (SSSR count). The number of carbonyl (C=O) groups excluding carboxylic acids is 2. The van der Waals surface area contributed by atoms with Crippen LogP contribution >= 0.6 is 11.3 Å². The van der Waals surface area contributed by atoms with Crippen LogP contribution in [0, 0.1) is 20.8 Å². The number of aryl methyl sites for hydroxylation is 3. The van der Waals surface area contributed by atoms with Crippen LogP contribution in [0.15, 0.2) is 36.4 Å². The van der Waals surface area contributed by atoms with Crippen LogP contribution in [0.3, 0.4) is 0 Å². The Morgan fingerprint density at radius 1 is 1.08 bits per heavy atom. The van der Waals surface area contributed by atoms with E-state index in [-0.39, 0.29) is 12.4 Å². The highest BCUT2D eigenvalue weighted by atomic mass is 32.1. The quantitative estimate of drug-likeness (QED) is 0.526. The first-order chi connectivity index (χ1) is 11.5. The molecule has 0 bridgehead atoms. The summed E-state index contributed by atoms with van der Waals surface area (Å²) in [4.78, 5) is 31.1. The molecular weight excluding hydrogens is 322 g/mol. The summed E-state index contributed by atoms with van der Waals surface area (Å²) in [6, 6.07) is 10.9. The lowest BCUT2D eigenvalue weighted by Gasteiger charge is -2.08. The van der Waals surface area contributed by atoms with Gasteiger partial charge in [-0.1, -0.05) is 18.2 Å². The maximum absolute atomic E-state index is 12.4. The van der Waals surface area contributed by atoms with E-state index in [9.17, 15) is 9.59 Å². The number of para-hydroxylation sites is 1. The van der Waals surface area contributed by atoms with Gasteiger partial charge in [0.1, 0.15) is 0 Å². The third-order valence-electron chi connectivity index (χ3n) is 3.74. The van der Waals surface area contributed by atoms with Gasteiger partial charge in [0.2, 0.25) is 5.78 Å². The predicted molar refractivity (Wildman–Crippen MR) is 94.9 cm³/mol. The highest BCUT2D eigenvalue weighted by Crippen LogP contribution is 2.22. The van der Waals surface area contributed by atoms with Gasteiger partial charge < -0.3 is 4.74 Å². The van der Waals surface area contributed by atoms with Crippen molar-refractivity contribution in [3.05, 3.63) is 63.0 Å². The largest absolute Gasteiger partial charge is 0.454 e. The number of esters is 1. The second kappa shape index (κ2) is 6.53. The van der Waals surface area contributed by atoms with Gasteiger partial charge in [0.25, 0.3) is 0 Å². The molecular formula is C19H17NO3S. The standard InChI is InChI=1S/C19H17NO3S/c1-11-8-16(14-6-4-5-7-17(14)20-11)19(22)23-10-18(21)15-9-12(2)24-13(15)3/h4-9H,10H2,1-3H3. The van der Waals surface area contributed by atoms with Crippen molar-refractivity contribution in [2.45, 2.75) is 20.8 Å². The fourth-order valence-corrected chi connectivity index (χ4v) is 3.61. The fraction of sp³-hybridized carbons (Fsp3) is 0.211. The molecule has 0 aliphatic rings. The summed E-state index contributed by atoms with van der Waals surface area (Å²) in [5.41, 5.74) is 2.53. The molecule has 0 saturated carbocycles. The predicted octanol–water partition coefficient (Wildman–Crippen LogP) is 4.26. The van der Waals surface area contributed by atoms with Crippen molar-refractivity contribution in [2.75, 3.05) is 6.61 Å². The number of pyridine rings is 1. The summed E-state index contributed by atoms with van der Waals surface area (Å²) in [5, 5.41) is 0.725. The second-order valence-electron chi connectivity index (χ2n) is 5.65. The van der Waals surface area contributed by atoms with Crippen LogP contribution < -0.4 is 0 Å². The lowest BCUT2D eigenvalue weighted by atomic mass is 10.1. The molecule has 0 unspecified atom stereocenters. The zero-order chi connectivity index (χ0) is 17.3. The molecule has 0 N–H and O–H groups in total. The third-order valence-corrected chi connectivity index (χ3v) is 4.71. The number of carbonyl (C=O) groups is 2. The number of hydrogen-bond acceptors (Lipinski definition) is 5. The molecule has 0 saturated heterocycles. The smallest absolute Gasteiger partial charge is 0.339 e. The van der Waals surface area contributed by atoms with Crippen molar-refractivity contribution >= 4 is 34.0 Å².